The Labute approximate surface area is 166 Å². The van der Waals surface area contributed by atoms with Crippen molar-refractivity contribution in [3.63, 3.8) is 0 Å². The van der Waals surface area contributed by atoms with Gasteiger partial charge in [0.15, 0.2) is 0 Å². The normalized spacial score (nSPS) is 12.4. The van der Waals surface area contributed by atoms with Crippen LogP contribution in [0.4, 0.5) is 5.69 Å². The summed E-state index contributed by atoms with van der Waals surface area (Å²) in [6, 6.07) is 24.1. The average Bonchev–Trinajstić information content (AvgIpc) is 2.67. The lowest BCUT2D eigenvalue weighted by atomic mass is 10.3. The molecule has 6 nitrogen and oxygen atoms in total. The van der Waals surface area contributed by atoms with Gasteiger partial charge in [-0.05, 0) is 48.5 Å². The number of rotatable bonds is 6. The average molecular weight is 420 g/mol. The Morgan fingerprint density at radius 1 is 0.786 bits per heavy atom. The van der Waals surface area contributed by atoms with Crippen LogP contribution in [0.5, 0.6) is 0 Å². The van der Waals surface area contributed by atoms with E-state index in [2.05, 4.69) is 5.32 Å². The molecular weight excluding hydrogens is 402 g/mol. The van der Waals surface area contributed by atoms with Crippen LogP contribution < -0.4 is 19.3 Å². The molecule has 28 heavy (non-hydrogen) atoms. The van der Waals surface area contributed by atoms with Crippen molar-refractivity contribution in [1.82, 2.24) is 0 Å². The van der Waals surface area contributed by atoms with Crippen molar-refractivity contribution in [1.29, 1.82) is 0 Å². The number of amides is 1. The first kappa shape index (κ1) is 20.3. The zero-order valence-corrected chi connectivity index (χ0v) is 16.5. The fourth-order valence-electron chi connectivity index (χ4n) is 2.79. The maximum atomic E-state index is 11.7. The van der Waals surface area contributed by atoms with Gasteiger partial charge in [0.25, 0.3) is 0 Å². The molecule has 3 aromatic carbocycles. The summed E-state index contributed by atoms with van der Waals surface area (Å²) >= 11 is 0. The fourth-order valence-corrected chi connectivity index (χ4v) is 7.01. The van der Waals surface area contributed by atoms with Crippen molar-refractivity contribution in [2.45, 2.75) is 21.6 Å². The van der Waals surface area contributed by atoms with Crippen LogP contribution in [0.2, 0.25) is 0 Å². The second-order valence-electron chi connectivity index (χ2n) is 5.83. The number of carbonyl (C=O) groups is 1. The molecule has 0 fully saturated rings. The van der Waals surface area contributed by atoms with E-state index in [0.717, 1.165) is 0 Å². The van der Waals surface area contributed by atoms with E-state index in [-0.39, 0.29) is 5.91 Å². The molecule has 0 aromatic heterocycles. The summed E-state index contributed by atoms with van der Waals surface area (Å²) in [5, 5.41) is 2.66. The standard InChI is InChI=1S/C20H18ClNO5S/c1-16(23)22-17-12-14-20(15-13-17)28(27-21(24,25)26,18-8-4-2-5-9-18)19-10-6-3-7-11-19/h2-15H,1H3,(H,22,23). The van der Waals surface area contributed by atoms with Crippen molar-refractivity contribution in [2.75, 3.05) is 5.32 Å². The molecule has 0 saturated carbocycles. The van der Waals surface area contributed by atoms with Gasteiger partial charge in [0.05, 0.1) is 20.6 Å². The number of halogens is 1. The highest BCUT2D eigenvalue weighted by atomic mass is 35.7. The molecule has 3 aromatic rings. The molecule has 8 heteroatoms. The molecule has 0 aliphatic carbocycles. The number of benzene rings is 3. The van der Waals surface area contributed by atoms with E-state index in [9.17, 15) is 18.8 Å². The molecule has 0 saturated heterocycles. The minimum atomic E-state index is -4.73. The van der Waals surface area contributed by atoms with Crippen LogP contribution in [0, 0.1) is 10.2 Å². The molecule has 0 bridgehead atoms. The van der Waals surface area contributed by atoms with E-state index >= 15 is 0 Å². The topological polar surface area (TPSA) is 108 Å². The number of anilines is 1. The summed E-state index contributed by atoms with van der Waals surface area (Å²) in [7, 11) is -7.59. The lowest BCUT2D eigenvalue weighted by molar-refractivity contribution is -1.91. The quantitative estimate of drug-likeness (QED) is 0.655. The zero-order valence-electron chi connectivity index (χ0n) is 14.9. The molecule has 3 rings (SSSR count). The van der Waals surface area contributed by atoms with E-state index in [0.29, 0.717) is 20.4 Å². The highest BCUT2D eigenvalue weighted by Crippen LogP contribution is 2.70. The Morgan fingerprint density at radius 2 is 1.21 bits per heavy atom. The van der Waals surface area contributed by atoms with Crippen LogP contribution in [0.25, 0.3) is 0 Å². The van der Waals surface area contributed by atoms with E-state index in [4.69, 9.17) is 3.74 Å². The van der Waals surface area contributed by atoms with Gasteiger partial charge >= 0.3 is 0 Å². The number of nitrogens with one attached hydrogen (secondary N) is 1. The molecule has 0 heterocycles. The van der Waals surface area contributed by atoms with Gasteiger partial charge in [0.2, 0.25) is 5.91 Å². The maximum absolute atomic E-state index is 11.7. The van der Waals surface area contributed by atoms with E-state index < -0.39 is 20.6 Å². The van der Waals surface area contributed by atoms with E-state index in [1.165, 1.54) is 6.92 Å². The third-order valence-corrected chi connectivity index (χ3v) is 8.01. The monoisotopic (exact) mass is 419 g/mol. The Kier molecular flexibility index (Phi) is 6.04. The molecule has 0 aliphatic rings. The molecule has 0 spiro atoms. The van der Waals surface area contributed by atoms with Crippen molar-refractivity contribution in [3.05, 3.63) is 84.9 Å². The van der Waals surface area contributed by atoms with Crippen LogP contribution in [-0.4, -0.2) is 5.91 Å². The Balaban J connectivity index is 2.24. The highest BCUT2D eigenvalue weighted by Gasteiger charge is 2.46. The first-order valence-electron chi connectivity index (χ1n) is 8.24. The third-order valence-electron chi connectivity index (χ3n) is 3.83. The van der Waals surface area contributed by atoms with Crippen LogP contribution in [0.1, 0.15) is 6.92 Å². The van der Waals surface area contributed by atoms with Gasteiger partial charge in [0, 0.05) is 27.3 Å². The minimum absolute atomic E-state index is 0.227. The molecule has 146 valence electrons. The van der Waals surface area contributed by atoms with Crippen molar-refractivity contribution >= 4 is 21.9 Å². The van der Waals surface area contributed by atoms with Gasteiger partial charge in [-0.2, -0.15) is 14.0 Å². The smallest absolute Gasteiger partial charge is 0.221 e. The molecule has 0 aliphatic heterocycles. The molecule has 0 unspecified atom stereocenters. The summed E-state index contributed by atoms with van der Waals surface area (Å²) in [6.07, 6.45) is 0. The Morgan fingerprint density at radius 3 is 1.61 bits per heavy atom. The second-order valence-corrected chi connectivity index (χ2v) is 9.62. The van der Waals surface area contributed by atoms with E-state index in [1.807, 2.05) is 0 Å². The molecule has 0 atom stereocenters. The number of hydrogen-bond acceptors (Lipinski definition) is 5. The number of hydrogen-bond donors (Lipinski definition) is 1. The largest absolute Gasteiger partial charge is 0.326 e. The Hall–Kier alpha value is -2.39. The first-order valence-corrected chi connectivity index (χ1v) is 11.0. The summed E-state index contributed by atoms with van der Waals surface area (Å²) in [5.41, 5.74) is 0.549. The third kappa shape index (κ3) is 4.53. The SMILES string of the molecule is CC(=O)Nc1ccc(S(O[Cl+3]([O-])([O-])[O-])(c2ccccc2)c2ccccc2)cc1. The predicted octanol–water partition coefficient (Wildman–Crippen LogP) is 1.76. The summed E-state index contributed by atoms with van der Waals surface area (Å²) < 4.78 is 40.5. The highest BCUT2D eigenvalue weighted by molar-refractivity contribution is 8.29. The maximum Gasteiger partial charge on any atom is 0.221 e. The molecule has 1 N–H and O–H groups in total. The van der Waals surface area contributed by atoms with Crippen LogP contribution in [0.3, 0.4) is 0 Å². The Bertz CT molecular complexity index is 891. The van der Waals surface area contributed by atoms with Crippen LogP contribution in [0.15, 0.2) is 99.6 Å². The molecule has 0 radical (unpaired) electrons. The lowest BCUT2D eigenvalue weighted by Gasteiger charge is -2.34. The summed E-state index contributed by atoms with van der Waals surface area (Å²) in [5.74, 6) is -0.227. The fraction of sp³-hybridized carbons (Fsp3) is 0.0500. The van der Waals surface area contributed by atoms with Crippen LogP contribution in [-0.2, 0) is 8.53 Å². The van der Waals surface area contributed by atoms with E-state index in [1.54, 1.807) is 84.9 Å². The van der Waals surface area contributed by atoms with Crippen molar-refractivity contribution in [3.8, 4) is 0 Å². The van der Waals surface area contributed by atoms with Crippen molar-refractivity contribution in [2.24, 2.45) is 0 Å². The first-order chi connectivity index (χ1) is 13.3. The zero-order chi connectivity index (χ0) is 20.2. The summed E-state index contributed by atoms with van der Waals surface area (Å²) in [6.45, 7) is 1.39. The van der Waals surface area contributed by atoms with Gasteiger partial charge in [-0.25, -0.2) is 0 Å². The van der Waals surface area contributed by atoms with Gasteiger partial charge < -0.3 is 5.32 Å². The second kappa shape index (κ2) is 8.32. The van der Waals surface area contributed by atoms with Gasteiger partial charge in [-0.3, -0.25) is 4.79 Å². The van der Waals surface area contributed by atoms with Crippen LogP contribution >= 0.6 is 10.3 Å². The van der Waals surface area contributed by atoms with Crippen molar-refractivity contribution < 1.29 is 32.8 Å². The van der Waals surface area contributed by atoms with Gasteiger partial charge in [-0.15, -0.1) is 0 Å². The van der Waals surface area contributed by atoms with Gasteiger partial charge in [0.1, 0.15) is 3.74 Å². The molecule has 1 amide bonds. The number of carbonyl (C=O) groups excluding carboxylic acids is 1. The molecular formula is C20H18ClNO5S. The summed E-state index contributed by atoms with van der Waals surface area (Å²) in [4.78, 5) is 12.9. The lowest BCUT2D eigenvalue weighted by Crippen LogP contribution is -2.61. The predicted molar refractivity (Wildman–Crippen MR) is 97.1 cm³/mol. The minimum Gasteiger partial charge on any atom is -0.326 e. The van der Waals surface area contributed by atoms with Gasteiger partial charge in [-0.1, -0.05) is 36.4 Å².